The summed E-state index contributed by atoms with van der Waals surface area (Å²) in [5.74, 6) is -3.60. The molecule has 1 unspecified atom stereocenters. The van der Waals surface area contributed by atoms with Gasteiger partial charge in [0.25, 0.3) is 0 Å². The molecule has 4 aliphatic rings. The average Bonchev–Trinajstić information content (AvgIpc) is 2.87. The molecule has 0 aromatic heterocycles. The first kappa shape index (κ1) is 27.9. The van der Waals surface area contributed by atoms with Crippen LogP contribution < -0.4 is 0 Å². The molecule has 2 bridgehead atoms. The lowest BCUT2D eigenvalue weighted by Crippen LogP contribution is -2.81. The number of aliphatic hydroxyl groups excluding tert-OH is 3. The van der Waals surface area contributed by atoms with Crippen LogP contribution >= 0.6 is 0 Å². The van der Waals surface area contributed by atoms with E-state index in [0.29, 0.717) is 5.57 Å². The van der Waals surface area contributed by atoms with Gasteiger partial charge in [0.05, 0.1) is 35.7 Å². The number of hydrogen-bond acceptors (Lipinski definition) is 10. The van der Waals surface area contributed by atoms with Crippen LogP contribution in [0.4, 0.5) is 0 Å². The predicted molar refractivity (Wildman–Crippen MR) is 135 cm³/mol. The van der Waals surface area contributed by atoms with Crippen molar-refractivity contribution in [3.8, 4) is 0 Å². The van der Waals surface area contributed by atoms with Gasteiger partial charge in [0.15, 0.2) is 11.4 Å². The molecule has 0 amide bonds. The summed E-state index contributed by atoms with van der Waals surface area (Å²) in [5, 5.41) is 46.7. The third kappa shape index (κ3) is 3.62. The molecular weight excluding hydrogens is 508 g/mol. The number of fused-ring (bicyclic) bond motifs is 5. The fourth-order valence-corrected chi connectivity index (χ4v) is 7.66. The highest BCUT2D eigenvalue weighted by atomic mass is 16.6. The van der Waals surface area contributed by atoms with E-state index in [9.17, 15) is 34.8 Å². The summed E-state index contributed by atoms with van der Waals surface area (Å²) < 4.78 is 17.7. The SMILES string of the molecule is CC(=O)O[C@@]12CO[C@@H]1CC(O)[C@@]1(C)C(=O)[C@H](O)C3=C(C)[C@@H](O)C[C@@](O)([C@@H](OC(=O)c4ccccc4)[C@H]21)C3(C)C. The van der Waals surface area contributed by atoms with Gasteiger partial charge in [0, 0.05) is 25.2 Å². The van der Waals surface area contributed by atoms with Crippen LogP contribution in [-0.4, -0.2) is 86.5 Å². The number of hydrogen-bond donors (Lipinski definition) is 4. The molecule has 5 rings (SSSR count). The zero-order chi connectivity index (χ0) is 28.7. The van der Waals surface area contributed by atoms with Gasteiger partial charge >= 0.3 is 11.9 Å². The molecule has 1 aliphatic heterocycles. The van der Waals surface area contributed by atoms with Gasteiger partial charge in [0.2, 0.25) is 0 Å². The summed E-state index contributed by atoms with van der Waals surface area (Å²) in [6.07, 6.45) is -7.26. The van der Waals surface area contributed by atoms with E-state index >= 15 is 0 Å². The minimum absolute atomic E-state index is 0.0828. The van der Waals surface area contributed by atoms with E-state index in [1.165, 1.54) is 26.0 Å². The lowest BCUT2D eigenvalue weighted by Gasteiger charge is -2.67. The maximum Gasteiger partial charge on any atom is 0.338 e. The van der Waals surface area contributed by atoms with Gasteiger partial charge < -0.3 is 34.6 Å². The normalized spacial score (nSPS) is 42.7. The van der Waals surface area contributed by atoms with Crippen molar-refractivity contribution in [3.63, 3.8) is 0 Å². The van der Waals surface area contributed by atoms with E-state index in [2.05, 4.69) is 0 Å². The van der Waals surface area contributed by atoms with Crippen molar-refractivity contribution in [2.24, 2.45) is 16.7 Å². The average molecular weight is 545 g/mol. The van der Waals surface area contributed by atoms with E-state index in [1.807, 2.05) is 0 Å². The van der Waals surface area contributed by atoms with Crippen LogP contribution in [0.3, 0.4) is 0 Å². The molecule has 212 valence electrons. The van der Waals surface area contributed by atoms with Crippen LogP contribution in [0, 0.1) is 16.7 Å². The summed E-state index contributed by atoms with van der Waals surface area (Å²) in [5.41, 5.74) is -6.24. The van der Waals surface area contributed by atoms with E-state index in [0.717, 1.165) is 0 Å². The van der Waals surface area contributed by atoms with Crippen molar-refractivity contribution in [1.29, 1.82) is 0 Å². The number of ether oxygens (including phenoxy) is 3. The maximum atomic E-state index is 14.3. The molecule has 10 nitrogen and oxygen atoms in total. The van der Waals surface area contributed by atoms with Crippen LogP contribution in [0.2, 0.25) is 0 Å². The second-order valence-corrected chi connectivity index (χ2v) is 12.2. The Bertz CT molecular complexity index is 1240. The van der Waals surface area contributed by atoms with E-state index in [4.69, 9.17) is 14.2 Å². The molecule has 4 N–H and O–H groups in total. The van der Waals surface area contributed by atoms with E-state index in [-0.39, 0.29) is 30.6 Å². The first-order valence-corrected chi connectivity index (χ1v) is 13.2. The van der Waals surface area contributed by atoms with Crippen LogP contribution in [0.1, 0.15) is 57.8 Å². The van der Waals surface area contributed by atoms with Crippen molar-refractivity contribution >= 4 is 17.7 Å². The zero-order valence-corrected chi connectivity index (χ0v) is 22.7. The number of ketones is 1. The fraction of sp³-hybridized carbons (Fsp3) is 0.621. The Morgan fingerprint density at radius 3 is 2.28 bits per heavy atom. The Morgan fingerprint density at radius 1 is 1.08 bits per heavy atom. The fourth-order valence-electron chi connectivity index (χ4n) is 7.66. The predicted octanol–water partition coefficient (Wildman–Crippen LogP) is 1.08. The molecule has 1 aromatic carbocycles. The largest absolute Gasteiger partial charge is 0.455 e. The summed E-state index contributed by atoms with van der Waals surface area (Å²) in [6.45, 7) is 7.29. The summed E-state index contributed by atoms with van der Waals surface area (Å²) in [6, 6.07) is 8.08. The molecule has 0 radical (unpaired) electrons. The third-order valence-corrected chi connectivity index (χ3v) is 9.95. The monoisotopic (exact) mass is 544 g/mol. The Labute approximate surface area is 226 Å². The molecule has 1 saturated heterocycles. The summed E-state index contributed by atoms with van der Waals surface area (Å²) >= 11 is 0. The summed E-state index contributed by atoms with van der Waals surface area (Å²) in [7, 11) is 0. The molecule has 10 heteroatoms. The number of benzene rings is 1. The Morgan fingerprint density at radius 2 is 1.72 bits per heavy atom. The van der Waals surface area contributed by atoms with E-state index < -0.39 is 76.2 Å². The smallest absolute Gasteiger partial charge is 0.338 e. The second-order valence-electron chi connectivity index (χ2n) is 12.2. The number of aliphatic hydroxyl groups is 4. The molecule has 1 aromatic rings. The van der Waals surface area contributed by atoms with Gasteiger partial charge in [0.1, 0.15) is 23.9 Å². The van der Waals surface area contributed by atoms with Crippen LogP contribution in [0.15, 0.2) is 41.5 Å². The number of rotatable bonds is 3. The highest BCUT2D eigenvalue weighted by Gasteiger charge is 2.77. The minimum Gasteiger partial charge on any atom is -0.455 e. The molecule has 3 aliphatic carbocycles. The lowest BCUT2D eigenvalue weighted by molar-refractivity contribution is -0.345. The van der Waals surface area contributed by atoms with E-state index in [1.54, 1.807) is 39.0 Å². The van der Waals surface area contributed by atoms with Crippen LogP contribution in [-0.2, 0) is 23.8 Å². The molecular formula is C29H36O10. The zero-order valence-electron chi connectivity index (χ0n) is 22.7. The van der Waals surface area contributed by atoms with Crippen molar-refractivity contribution < 1.29 is 49.0 Å². The number of carbonyl (C=O) groups is 3. The molecule has 3 fully saturated rings. The van der Waals surface area contributed by atoms with Gasteiger partial charge in [-0.1, -0.05) is 32.0 Å². The Balaban J connectivity index is 1.81. The summed E-state index contributed by atoms with van der Waals surface area (Å²) in [4.78, 5) is 40.3. The van der Waals surface area contributed by atoms with Gasteiger partial charge in [-0.15, -0.1) is 0 Å². The second kappa shape index (κ2) is 8.94. The first-order chi connectivity index (χ1) is 18.1. The first-order valence-electron chi connectivity index (χ1n) is 13.2. The highest BCUT2D eigenvalue weighted by molar-refractivity contribution is 5.94. The quantitative estimate of drug-likeness (QED) is 0.320. The molecule has 39 heavy (non-hydrogen) atoms. The number of carbonyl (C=O) groups excluding carboxylic acids is 3. The van der Waals surface area contributed by atoms with Gasteiger partial charge in [-0.25, -0.2) is 4.79 Å². The Hall–Kier alpha value is -2.63. The van der Waals surface area contributed by atoms with Gasteiger partial charge in [-0.05, 0) is 37.1 Å². The van der Waals surface area contributed by atoms with Gasteiger partial charge in [-0.2, -0.15) is 0 Å². The number of esters is 2. The maximum absolute atomic E-state index is 14.3. The Kier molecular flexibility index (Phi) is 6.40. The van der Waals surface area contributed by atoms with Crippen LogP contribution in [0.5, 0.6) is 0 Å². The highest BCUT2D eigenvalue weighted by Crippen LogP contribution is 2.63. The van der Waals surface area contributed by atoms with Crippen molar-refractivity contribution in [2.45, 2.75) is 89.2 Å². The molecule has 0 spiro atoms. The minimum atomic E-state index is -2.07. The van der Waals surface area contributed by atoms with Gasteiger partial charge in [-0.3, -0.25) is 9.59 Å². The van der Waals surface area contributed by atoms with Crippen molar-refractivity contribution in [1.82, 2.24) is 0 Å². The standard InChI is InChI=1S/C29H36O10/c1-14-17(31)12-29(36)24(38-25(35)16-9-7-6-8-10-16)22-27(5,23(34)21(33)20(14)26(29,3)4)18(32)11-19-28(22,13-37-19)39-15(2)30/h6-10,17-19,21-22,24,31-33,36H,11-13H2,1-5H3/t17-,18?,19+,21+,22-,24-,27+,28-,29+/m0/s1. The topological polar surface area (TPSA) is 160 Å². The van der Waals surface area contributed by atoms with Crippen molar-refractivity contribution in [3.05, 3.63) is 47.0 Å². The van der Waals surface area contributed by atoms with Crippen LogP contribution in [0.25, 0.3) is 0 Å². The number of Topliss-reactive ketones (excluding diaryl/α,β-unsaturated/α-hetero) is 1. The van der Waals surface area contributed by atoms with Crippen molar-refractivity contribution in [2.75, 3.05) is 6.61 Å². The molecule has 1 heterocycles. The third-order valence-electron chi connectivity index (χ3n) is 9.95. The molecule has 9 atom stereocenters. The lowest BCUT2D eigenvalue weighted by atomic mass is 9.44. The molecule has 2 saturated carbocycles.